The molecule has 0 spiro atoms. The fraction of sp³-hybridized carbons (Fsp3) is 1.00. The van der Waals surface area contributed by atoms with E-state index in [4.69, 9.17) is 5.73 Å². The standard InChI is InChI=1S/C10H23N.C3H9N.2H2O/c1-2-3-4-5-6-7-8-9-10-11;1-4(2)3;;/h2-11H2,1H3;1-3H3;2*1H2. The fourth-order valence-corrected chi connectivity index (χ4v) is 1.28. The fourth-order valence-electron chi connectivity index (χ4n) is 1.28. The van der Waals surface area contributed by atoms with Crippen molar-refractivity contribution in [2.24, 2.45) is 5.73 Å². The summed E-state index contributed by atoms with van der Waals surface area (Å²) in [7, 11) is 6.00. The Labute approximate surface area is 108 Å². The Hall–Kier alpha value is -0.160. The van der Waals surface area contributed by atoms with Crippen molar-refractivity contribution in [1.82, 2.24) is 4.90 Å². The van der Waals surface area contributed by atoms with E-state index in [0.29, 0.717) is 0 Å². The zero-order valence-electron chi connectivity index (χ0n) is 12.4. The topological polar surface area (TPSA) is 92.3 Å². The van der Waals surface area contributed by atoms with Crippen LogP contribution in [0.3, 0.4) is 0 Å². The predicted octanol–water partition coefficient (Wildman–Crippen LogP) is 1.61. The molecule has 0 atom stereocenters. The van der Waals surface area contributed by atoms with Gasteiger partial charge in [0, 0.05) is 0 Å². The third-order valence-electron chi connectivity index (χ3n) is 2.06. The summed E-state index contributed by atoms with van der Waals surface area (Å²) in [6, 6.07) is 0. The van der Waals surface area contributed by atoms with Crippen LogP contribution in [-0.4, -0.2) is 43.5 Å². The van der Waals surface area contributed by atoms with E-state index in [-0.39, 0.29) is 11.0 Å². The van der Waals surface area contributed by atoms with Gasteiger partial charge in [0.05, 0.1) is 0 Å². The summed E-state index contributed by atoms with van der Waals surface area (Å²) in [5.41, 5.74) is 5.39. The minimum atomic E-state index is 0. The maximum atomic E-state index is 5.39. The summed E-state index contributed by atoms with van der Waals surface area (Å²) in [6.07, 6.45) is 11.0. The van der Waals surface area contributed by atoms with Crippen molar-refractivity contribution in [1.29, 1.82) is 0 Å². The van der Waals surface area contributed by atoms with Crippen molar-refractivity contribution in [3.63, 3.8) is 0 Å². The average molecular weight is 252 g/mol. The molecule has 0 fully saturated rings. The Bertz CT molecular complexity index is 90.7. The van der Waals surface area contributed by atoms with E-state index in [9.17, 15) is 0 Å². The molecule has 0 rings (SSSR count). The lowest BCUT2D eigenvalue weighted by molar-refractivity contribution is 0.505. The lowest BCUT2D eigenvalue weighted by Crippen LogP contribution is -1.99. The number of nitrogens with two attached hydrogens (primary N) is 1. The van der Waals surface area contributed by atoms with Crippen molar-refractivity contribution >= 4 is 0 Å². The molecule has 0 saturated heterocycles. The summed E-state index contributed by atoms with van der Waals surface area (Å²) in [6.45, 7) is 3.13. The largest absolute Gasteiger partial charge is 0.412 e. The van der Waals surface area contributed by atoms with Crippen molar-refractivity contribution in [2.45, 2.75) is 58.3 Å². The molecule has 0 aromatic heterocycles. The van der Waals surface area contributed by atoms with Gasteiger partial charge >= 0.3 is 0 Å². The normalized spacial score (nSPS) is 8.82. The van der Waals surface area contributed by atoms with Crippen LogP contribution >= 0.6 is 0 Å². The maximum absolute atomic E-state index is 5.39. The van der Waals surface area contributed by atoms with Crippen LogP contribution in [-0.2, 0) is 0 Å². The molecule has 0 radical (unpaired) electrons. The molecule has 0 aromatic rings. The van der Waals surface area contributed by atoms with Gasteiger partial charge in [0.2, 0.25) is 0 Å². The molecule has 4 nitrogen and oxygen atoms in total. The highest BCUT2D eigenvalue weighted by Crippen LogP contribution is 2.07. The zero-order chi connectivity index (χ0) is 11.9. The molecular formula is C13H36N2O2. The Morgan fingerprint density at radius 3 is 1.29 bits per heavy atom. The third kappa shape index (κ3) is 49.4. The molecule has 0 saturated carbocycles. The van der Waals surface area contributed by atoms with E-state index >= 15 is 0 Å². The van der Waals surface area contributed by atoms with E-state index in [2.05, 4.69) is 6.92 Å². The Morgan fingerprint density at radius 1 is 0.706 bits per heavy atom. The molecule has 0 heterocycles. The summed E-state index contributed by atoms with van der Waals surface area (Å²) in [5.74, 6) is 0. The maximum Gasteiger partial charge on any atom is -0.00773 e. The quantitative estimate of drug-likeness (QED) is 0.665. The van der Waals surface area contributed by atoms with Gasteiger partial charge in [-0.2, -0.15) is 0 Å². The highest BCUT2D eigenvalue weighted by Gasteiger charge is 1.89. The first-order chi connectivity index (χ1) is 7.15. The van der Waals surface area contributed by atoms with Crippen LogP contribution < -0.4 is 5.73 Å². The highest BCUT2D eigenvalue weighted by molar-refractivity contribution is 4.45. The van der Waals surface area contributed by atoms with Crippen molar-refractivity contribution in [3.8, 4) is 0 Å². The zero-order valence-corrected chi connectivity index (χ0v) is 12.4. The molecule has 0 aromatic carbocycles. The number of rotatable bonds is 8. The summed E-state index contributed by atoms with van der Waals surface area (Å²) in [4.78, 5) is 2.00. The lowest BCUT2D eigenvalue weighted by atomic mass is 10.1. The van der Waals surface area contributed by atoms with Gasteiger partial charge in [0.25, 0.3) is 0 Å². The molecule has 0 amide bonds. The molecule has 0 aliphatic rings. The van der Waals surface area contributed by atoms with E-state index in [1.165, 1.54) is 51.4 Å². The Balaban J connectivity index is -0.000000123. The average Bonchev–Trinajstić information content (AvgIpc) is 2.16. The number of nitrogens with zero attached hydrogens (tertiary/aromatic N) is 1. The second-order valence-electron chi connectivity index (χ2n) is 4.61. The first-order valence-corrected chi connectivity index (χ1v) is 6.46. The monoisotopic (exact) mass is 252 g/mol. The molecule has 0 bridgehead atoms. The van der Waals surface area contributed by atoms with E-state index in [0.717, 1.165) is 6.54 Å². The van der Waals surface area contributed by atoms with Crippen LogP contribution in [0.25, 0.3) is 0 Å². The van der Waals surface area contributed by atoms with E-state index in [1.807, 2.05) is 26.0 Å². The molecule has 6 N–H and O–H groups in total. The van der Waals surface area contributed by atoms with Gasteiger partial charge < -0.3 is 21.6 Å². The SMILES string of the molecule is CCCCCCCCCCN.CN(C)C.O.O. The molecule has 0 unspecified atom stereocenters. The summed E-state index contributed by atoms with van der Waals surface area (Å²) >= 11 is 0. The Morgan fingerprint density at radius 2 is 1.00 bits per heavy atom. The molecule has 17 heavy (non-hydrogen) atoms. The van der Waals surface area contributed by atoms with Gasteiger partial charge in [0.1, 0.15) is 0 Å². The van der Waals surface area contributed by atoms with Gasteiger partial charge in [-0.15, -0.1) is 0 Å². The number of hydrogen-bond donors (Lipinski definition) is 1. The van der Waals surface area contributed by atoms with Gasteiger partial charge in [-0.25, -0.2) is 0 Å². The second-order valence-corrected chi connectivity index (χ2v) is 4.61. The first kappa shape index (κ1) is 25.6. The van der Waals surface area contributed by atoms with Crippen LogP contribution in [0.15, 0.2) is 0 Å². The molecular weight excluding hydrogens is 216 g/mol. The Kier molecular flexibility index (Phi) is 37.5. The van der Waals surface area contributed by atoms with Crippen molar-refractivity contribution < 1.29 is 11.0 Å². The smallest absolute Gasteiger partial charge is 0.00773 e. The summed E-state index contributed by atoms with van der Waals surface area (Å²) < 4.78 is 0. The van der Waals surface area contributed by atoms with Crippen molar-refractivity contribution in [3.05, 3.63) is 0 Å². The van der Waals surface area contributed by atoms with Gasteiger partial charge in [-0.05, 0) is 34.1 Å². The van der Waals surface area contributed by atoms with Crippen LogP contribution in [0, 0.1) is 0 Å². The van der Waals surface area contributed by atoms with Gasteiger partial charge in [0.15, 0.2) is 0 Å². The van der Waals surface area contributed by atoms with Crippen molar-refractivity contribution in [2.75, 3.05) is 27.7 Å². The van der Waals surface area contributed by atoms with Crippen LogP contribution in [0.5, 0.6) is 0 Å². The van der Waals surface area contributed by atoms with Crippen LogP contribution in [0.2, 0.25) is 0 Å². The predicted molar refractivity (Wildman–Crippen MR) is 78.5 cm³/mol. The summed E-state index contributed by atoms with van der Waals surface area (Å²) in [5, 5.41) is 0. The first-order valence-electron chi connectivity index (χ1n) is 6.46. The molecule has 0 aliphatic heterocycles. The van der Waals surface area contributed by atoms with Gasteiger partial charge in [-0.1, -0.05) is 51.9 Å². The van der Waals surface area contributed by atoms with E-state index in [1.54, 1.807) is 0 Å². The second kappa shape index (κ2) is 24.9. The number of hydrogen-bond acceptors (Lipinski definition) is 2. The highest BCUT2D eigenvalue weighted by atomic mass is 16.0. The third-order valence-corrected chi connectivity index (χ3v) is 2.06. The lowest BCUT2D eigenvalue weighted by Gasteiger charge is -1.99. The minimum absolute atomic E-state index is 0. The van der Waals surface area contributed by atoms with Crippen LogP contribution in [0.1, 0.15) is 58.3 Å². The molecule has 0 aliphatic carbocycles. The number of unbranched alkanes of at least 4 members (excludes halogenated alkanes) is 7. The van der Waals surface area contributed by atoms with Crippen LogP contribution in [0.4, 0.5) is 0 Å². The molecule has 110 valence electrons. The van der Waals surface area contributed by atoms with Gasteiger partial charge in [-0.3, -0.25) is 0 Å². The minimum Gasteiger partial charge on any atom is -0.412 e. The van der Waals surface area contributed by atoms with E-state index < -0.39 is 0 Å². The molecule has 4 heteroatoms.